The van der Waals surface area contributed by atoms with Gasteiger partial charge in [0, 0.05) is 11.3 Å². The molecule has 0 bridgehead atoms. The Labute approximate surface area is 99.5 Å². The Morgan fingerprint density at radius 2 is 2.12 bits per heavy atom. The number of anilines is 1. The molecule has 1 heterocycles. The smallest absolute Gasteiger partial charge is 0.181 e. The molecule has 5 heteroatoms. The van der Waals surface area contributed by atoms with Crippen molar-refractivity contribution in [2.45, 2.75) is 19.4 Å². The molecule has 0 saturated carbocycles. The van der Waals surface area contributed by atoms with Gasteiger partial charge in [-0.25, -0.2) is 9.67 Å². The molecule has 0 spiro atoms. The lowest BCUT2D eigenvalue weighted by atomic mass is 10.2. The molecule has 17 heavy (non-hydrogen) atoms. The van der Waals surface area contributed by atoms with Crippen LogP contribution in [0.4, 0.5) is 5.69 Å². The van der Waals surface area contributed by atoms with Crippen molar-refractivity contribution in [3.63, 3.8) is 0 Å². The van der Waals surface area contributed by atoms with Gasteiger partial charge in [-0.2, -0.15) is 5.26 Å². The van der Waals surface area contributed by atoms with Crippen molar-refractivity contribution < 1.29 is 0 Å². The summed E-state index contributed by atoms with van der Waals surface area (Å²) in [5, 5.41) is 13.2. The zero-order chi connectivity index (χ0) is 12.3. The maximum Gasteiger partial charge on any atom is 0.181 e. The molecule has 2 aromatic rings. The standard InChI is InChI=1S/C12H13N5/c1-2-11(7-13)17-8-15-12(16-17)9-3-5-10(14)6-4-9/h3-6,8,11H,2,14H2,1H3. The predicted molar refractivity (Wildman–Crippen MR) is 64.8 cm³/mol. The van der Waals surface area contributed by atoms with E-state index in [4.69, 9.17) is 11.0 Å². The summed E-state index contributed by atoms with van der Waals surface area (Å²) in [6.45, 7) is 1.94. The summed E-state index contributed by atoms with van der Waals surface area (Å²) in [7, 11) is 0. The molecule has 1 aromatic heterocycles. The molecule has 1 aromatic carbocycles. The number of hydrogen-bond acceptors (Lipinski definition) is 4. The van der Waals surface area contributed by atoms with Gasteiger partial charge in [-0.15, -0.1) is 5.10 Å². The molecule has 0 aliphatic carbocycles. The average Bonchev–Trinajstić information content (AvgIpc) is 2.81. The molecule has 1 unspecified atom stereocenters. The van der Waals surface area contributed by atoms with Gasteiger partial charge in [0.15, 0.2) is 5.82 Å². The van der Waals surface area contributed by atoms with Gasteiger partial charge < -0.3 is 5.73 Å². The van der Waals surface area contributed by atoms with Crippen LogP contribution in [0.1, 0.15) is 19.4 Å². The molecule has 0 aliphatic heterocycles. The normalized spacial score (nSPS) is 12.0. The highest BCUT2D eigenvalue weighted by molar-refractivity contribution is 5.57. The number of benzene rings is 1. The van der Waals surface area contributed by atoms with Gasteiger partial charge in [0.1, 0.15) is 12.4 Å². The van der Waals surface area contributed by atoms with E-state index in [-0.39, 0.29) is 6.04 Å². The van der Waals surface area contributed by atoms with E-state index in [1.807, 2.05) is 19.1 Å². The summed E-state index contributed by atoms with van der Waals surface area (Å²) >= 11 is 0. The van der Waals surface area contributed by atoms with Gasteiger partial charge in [0.2, 0.25) is 0 Å². The Balaban J connectivity index is 2.30. The molecular formula is C12H13N5. The van der Waals surface area contributed by atoms with Crippen molar-refractivity contribution >= 4 is 5.69 Å². The average molecular weight is 227 g/mol. The Morgan fingerprint density at radius 3 is 2.71 bits per heavy atom. The third-order valence-corrected chi connectivity index (χ3v) is 2.53. The summed E-state index contributed by atoms with van der Waals surface area (Å²) in [6, 6.07) is 9.26. The van der Waals surface area contributed by atoms with Crippen molar-refractivity contribution in [2.24, 2.45) is 0 Å². The van der Waals surface area contributed by atoms with Crippen LogP contribution in [0.2, 0.25) is 0 Å². The van der Waals surface area contributed by atoms with E-state index in [0.717, 1.165) is 5.56 Å². The van der Waals surface area contributed by atoms with E-state index in [9.17, 15) is 0 Å². The summed E-state index contributed by atoms with van der Waals surface area (Å²) in [5.41, 5.74) is 7.21. The van der Waals surface area contributed by atoms with Crippen molar-refractivity contribution in [1.82, 2.24) is 14.8 Å². The van der Waals surface area contributed by atoms with Gasteiger partial charge in [-0.1, -0.05) is 6.92 Å². The van der Waals surface area contributed by atoms with Crippen LogP contribution in [0.5, 0.6) is 0 Å². The Hall–Kier alpha value is -2.35. The van der Waals surface area contributed by atoms with E-state index in [1.54, 1.807) is 23.1 Å². The van der Waals surface area contributed by atoms with Gasteiger partial charge in [-0.3, -0.25) is 0 Å². The predicted octanol–water partition coefficient (Wildman–Crippen LogP) is 2.00. The first kappa shape index (κ1) is 11.1. The number of aromatic nitrogens is 3. The molecule has 5 nitrogen and oxygen atoms in total. The van der Waals surface area contributed by atoms with E-state index in [2.05, 4.69) is 16.2 Å². The minimum absolute atomic E-state index is 0.259. The number of nitrogens with zero attached hydrogens (tertiary/aromatic N) is 4. The number of nitrogen functional groups attached to an aromatic ring is 1. The summed E-state index contributed by atoms with van der Waals surface area (Å²) in [4.78, 5) is 4.19. The summed E-state index contributed by atoms with van der Waals surface area (Å²) in [6.07, 6.45) is 2.30. The van der Waals surface area contributed by atoms with E-state index in [1.165, 1.54) is 0 Å². The monoisotopic (exact) mass is 227 g/mol. The zero-order valence-corrected chi connectivity index (χ0v) is 9.54. The second-order valence-corrected chi connectivity index (χ2v) is 3.72. The lowest BCUT2D eigenvalue weighted by Gasteiger charge is -2.03. The van der Waals surface area contributed by atoms with Crippen LogP contribution in [0.3, 0.4) is 0 Å². The van der Waals surface area contributed by atoms with Crippen molar-refractivity contribution in [3.8, 4) is 17.5 Å². The topological polar surface area (TPSA) is 80.5 Å². The molecule has 1 atom stereocenters. The zero-order valence-electron chi connectivity index (χ0n) is 9.54. The lowest BCUT2D eigenvalue weighted by Crippen LogP contribution is -2.06. The quantitative estimate of drug-likeness (QED) is 0.813. The van der Waals surface area contributed by atoms with Gasteiger partial charge in [0.25, 0.3) is 0 Å². The highest BCUT2D eigenvalue weighted by Crippen LogP contribution is 2.17. The molecule has 0 fully saturated rings. The summed E-state index contributed by atoms with van der Waals surface area (Å²) < 4.78 is 1.59. The first-order valence-corrected chi connectivity index (χ1v) is 5.41. The Kier molecular flexibility index (Phi) is 3.06. The molecule has 2 N–H and O–H groups in total. The van der Waals surface area contributed by atoms with Crippen LogP contribution in [-0.4, -0.2) is 14.8 Å². The minimum atomic E-state index is -0.259. The molecule has 2 rings (SSSR count). The van der Waals surface area contributed by atoms with Crippen LogP contribution in [0, 0.1) is 11.3 Å². The maximum atomic E-state index is 8.94. The third kappa shape index (κ3) is 2.26. The molecule has 0 saturated heterocycles. The molecule has 86 valence electrons. The highest BCUT2D eigenvalue weighted by Gasteiger charge is 2.10. The number of nitriles is 1. The first-order chi connectivity index (χ1) is 8.24. The number of nitrogens with two attached hydrogens (primary N) is 1. The van der Waals surface area contributed by atoms with Gasteiger partial charge in [-0.05, 0) is 30.7 Å². The second kappa shape index (κ2) is 4.66. The fraction of sp³-hybridized carbons (Fsp3) is 0.250. The largest absolute Gasteiger partial charge is 0.399 e. The highest BCUT2D eigenvalue weighted by atomic mass is 15.3. The van der Waals surface area contributed by atoms with E-state index < -0.39 is 0 Å². The maximum absolute atomic E-state index is 8.94. The summed E-state index contributed by atoms with van der Waals surface area (Å²) in [5.74, 6) is 0.610. The molecule has 0 amide bonds. The van der Waals surface area contributed by atoms with Crippen LogP contribution >= 0.6 is 0 Å². The minimum Gasteiger partial charge on any atom is -0.399 e. The van der Waals surface area contributed by atoms with Crippen molar-refractivity contribution in [2.75, 3.05) is 5.73 Å². The first-order valence-electron chi connectivity index (χ1n) is 5.41. The third-order valence-electron chi connectivity index (χ3n) is 2.53. The van der Waals surface area contributed by atoms with Crippen LogP contribution in [0.25, 0.3) is 11.4 Å². The Bertz CT molecular complexity index is 535. The molecule has 0 aliphatic rings. The number of rotatable bonds is 3. The Morgan fingerprint density at radius 1 is 1.41 bits per heavy atom. The van der Waals surface area contributed by atoms with Crippen LogP contribution in [0.15, 0.2) is 30.6 Å². The second-order valence-electron chi connectivity index (χ2n) is 3.72. The fourth-order valence-electron chi connectivity index (χ4n) is 1.53. The van der Waals surface area contributed by atoms with Crippen molar-refractivity contribution in [1.29, 1.82) is 5.26 Å². The number of hydrogen-bond donors (Lipinski definition) is 1. The molecule has 0 radical (unpaired) electrons. The SMILES string of the molecule is CCC(C#N)n1cnc(-c2ccc(N)cc2)n1. The van der Waals surface area contributed by atoms with E-state index >= 15 is 0 Å². The van der Waals surface area contributed by atoms with Gasteiger partial charge >= 0.3 is 0 Å². The fourth-order valence-corrected chi connectivity index (χ4v) is 1.53. The molecular weight excluding hydrogens is 214 g/mol. The lowest BCUT2D eigenvalue weighted by molar-refractivity contribution is 0.534. The van der Waals surface area contributed by atoms with Gasteiger partial charge in [0.05, 0.1) is 6.07 Å². The van der Waals surface area contributed by atoms with Crippen molar-refractivity contribution in [3.05, 3.63) is 30.6 Å². The van der Waals surface area contributed by atoms with Crippen LogP contribution < -0.4 is 5.73 Å². The van der Waals surface area contributed by atoms with E-state index in [0.29, 0.717) is 17.9 Å². The van der Waals surface area contributed by atoms with Crippen LogP contribution in [-0.2, 0) is 0 Å².